The van der Waals surface area contributed by atoms with E-state index >= 15 is 0 Å². The molecule has 1 N–H and O–H groups in total. The fourth-order valence-electron chi connectivity index (χ4n) is 2.34. The molecule has 0 amide bonds. The first-order chi connectivity index (χ1) is 9.91. The zero-order chi connectivity index (χ0) is 16.3. The van der Waals surface area contributed by atoms with E-state index in [9.17, 15) is 4.79 Å². The highest BCUT2D eigenvalue weighted by Gasteiger charge is 2.36. The summed E-state index contributed by atoms with van der Waals surface area (Å²) in [5, 5.41) is 3.36. The molecule has 2 unspecified atom stereocenters. The van der Waals surface area contributed by atoms with Crippen molar-refractivity contribution in [3.8, 4) is 0 Å². The number of ether oxygens (including phenoxy) is 2. The molecule has 0 bridgehead atoms. The van der Waals surface area contributed by atoms with Crippen molar-refractivity contribution in [2.75, 3.05) is 40.5 Å². The molecule has 0 aromatic carbocycles. The van der Waals surface area contributed by atoms with Gasteiger partial charge in [-0.3, -0.25) is 4.79 Å². The molecule has 0 rings (SSSR count). The number of esters is 1. The van der Waals surface area contributed by atoms with Crippen LogP contribution in [0.25, 0.3) is 0 Å². The molecule has 0 saturated heterocycles. The summed E-state index contributed by atoms with van der Waals surface area (Å²) in [5.74, 6) is -0.157. The topological polar surface area (TPSA) is 50.8 Å². The summed E-state index contributed by atoms with van der Waals surface area (Å²) in [5.41, 5.74) is -0.624. The summed E-state index contributed by atoms with van der Waals surface area (Å²) in [6, 6.07) is 0.292. The Balaban J connectivity index is 4.59. The molecule has 0 fully saturated rings. The average Bonchev–Trinajstić information content (AvgIpc) is 2.45. The summed E-state index contributed by atoms with van der Waals surface area (Å²) >= 11 is 0. The van der Waals surface area contributed by atoms with Gasteiger partial charge >= 0.3 is 5.97 Å². The third-order valence-electron chi connectivity index (χ3n) is 3.81. The molecule has 0 aliphatic heterocycles. The predicted molar refractivity (Wildman–Crippen MR) is 86.5 cm³/mol. The Bertz CT molecular complexity index is 287. The second-order valence-electron chi connectivity index (χ2n) is 5.86. The Hall–Kier alpha value is -0.650. The SMILES string of the molecule is CCCNC(C)(CC(C)N(C)CCCOC)C(=O)OCC. The molecule has 5 nitrogen and oxygen atoms in total. The van der Waals surface area contributed by atoms with E-state index in [0.29, 0.717) is 12.6 Å². The van der Waals surface area contributed by atoms with Crippen molar-refractivity contribution in [1.29, 1.82) is 0 Å². The summed E-state index contributed by atoms with van der Waals surface area (Å²) in [4.78, 5) is 14.5. The van der Waals surface area contributed by atoms with Gasteiger partial charge in [0.15, 0.2) is 0 Å². The number of methoxy groups -OCH3 is 1. The van der Waals surface area contributed by atoms with Gasteiger partial charge in [0, 0.05) is 26.3 Å². The Morgan fingerprint density at radius 1 is 1.38 bits per heavy atom. The highest BCUT2D eigenvalue weighted by atomic mass is 16.5. The van der Waals surface area contributed by atoms with Crippen LogP contribution in [-0.4, -0.2) is 62.9 Å². The van der Waals surface area contributed by atoms with Crippen LogP contribution >= 0.6 is 0 Å². The molecule has 126 valence electrons. The highest BCUT2D eigenvalue weighted by molar-refractivity contribution is 5.80. The van der Waals surface area contributed by atoms with Gasteiger partial charge in [0.1, 0.15) is 5.54 Å². The minimum absolute atomic E-state index is 0.157. The van der Waals surface area contributed by atoms with Crippen molar-refractivity contribution in [1.82, 2.24) is 10.2 Å². The molecule has 0 aromatic rings. The van der Waals surface area contributed by atoms with Crippen LogP contribution in [0.1, 0.15) is 47.0 Å². The van der Waals surface area contributed by atoms with Gasteiger partial charge in [-0.1, -0.05) is 6.92 Å². The second-order valence-corrected chi connectivity index (χ2v) is 5.86. The van der Waals surface area contributed by atoms with Gasteiger partial charge in [-0.15, -0.1) is 0 Å². The Labute approximate surface area is 130 Å². The largest absolute Gasteiger partial charge is 0.465 e. The molecule has 0 spiro atoms. The van der Waals surface area contributed by atoms with Crippen molar-refractivity contribution in [2.24, 2.45) is 0 Å². The molecule has 0 aromatic heterocycles. The van der Waals surface area contributed by atoms with Gasteiger partial charge < -0.3 is 19.7 Å². The van der Waals surface area contributed by atoms with E-state index in [-0.39, 0.29) is 5.97 Å². The molecular weight excluding hydrogens is 268 g/mol. The molecule has 2 atom stereocenters. The maximum atomic E-state index is 12.3. The minimum Gasteiger partial charge on any atom is -0.465 e. The molecule has 0 aliphatic rings. The van der Waals surface area contributed by atoms with Crippen LogP contribution in [0, 0.1) is 0 Å². The highest BCUT2D eigenvalue weighted by Crippen LogP contribution is 2.18. The number of hydrogen-bond donors (Lipinski definition) is 1. The first kappa shape index (κ1) is 20.3. The van der Waals surface area contributed by atoms with E-state index < -0.39 is 5.54 Å². The number of hydrogen-bond acceptors (Lipinski definition) is 5. The quantitative estimate of drug-likeness (QED) is 0.442. The van der Waals surface area contributed by atoms with E-state index in [1.165, 1.54) is 0 Å². The number of rotatable bonds is 12. The van der Waals surface area contributed by atoms with Crippen molar-refractivity contribution >= 4 is 5.97 Å². The molecule has 0 aliphatic carbocycles. The lowest BCUT2D eigenvalue weighted by Crippen LogP contribution is -2.54. The normalized spacial score (nSPS) is 15.8. The summed E-state index contributed by atoms with van der Waals surface area (Å²) in [7, 11) is 3.81. The van der Waals surface area contributed by atoms with Crippen LogP contribution in [0.4, 0.5) is 0 Å². The molecule has 5 heteroatoms. The van der Waals surface area contributed by atoms with E-state index in [1.54, 1.807) is 7.11 Å². The maximum absolute atomic E-state index is 12.3. The first-order valence-corrected chi connectivity index (χ1v) is 8.02. The fourth-order valence-corrected chi connectivity index (χ4v) is 2.34. The smallest absolute Gasteiger partial charge is 0.326 e. The van der Waals surface area contributed by atoms with Crippen molar-refractivity contribution < 1.29 is 14.3 Å². The van der Waals surface area contributed by atoms with Crippen molar-refractivity contribution in [3.05, 3.63) is 0 Å². The second kappa shape index (κ2) is 11.0. The predicted octanol–water partition coefficient (Wildman–Crippen LogP) is 2.05. The lowest BCUT2D eigenvalue weighted by molar-refractivity contribution is -0.151. The van der Waals surface area contributed by atoms with E-state index in [1.807, 2.05) is 13.8 Å². The number of nitrogens with zero attached hydrogens (tertiary/aromatic N) is 1. The van der Waals surface area contributed by atoms with Gasteiger partial charge in [-0.25, -0.2) is 0 Å². The molecule has 0 radical (unpaired) electrons. The van der Waals surface area contributed by atoms with E-state index in [0.717, 1.165) is 39.0 Å². The fraction of sp³-hybridized carbons (Fsp3) is 0.938. The van der Waals surface area contributed by atoms with Crippen LogP contribution in [0.2, 0.25) is 0 Å². The van der Waals surface area contributed by atoms with Crippen LogP contribution in [0.5, 0.6) is 0 Å². The monoisotopic (exact) mass is 302 g/mol. The lowest BCUT2D eigenvalue weighted by Gasteiger charge is -2.34. The van der Waals surface area contributed by atoms with Crippen LogP contribution in [0.15, 0.2) is 0 Å². The van der Waals surface area contributed by atoms with Gasteiger partial charge in [-0.05, 0) is 53.6 Å². The third kappa shape index (κ3) is 7.79. The molecule has 21 heavy (non-hydrogen) atoms. The first-order valence-electron chi connectivity index (χ1n) is 8.02. The zero-order valence-electron chi connectivity index (χ0n) is 14.7. The molecular formula is C16H34N2O3. The van der Waals surface area contributed by atoms with Gasteiger partial charge in [0.2, 0.25) is 0 Å². The Morgan fingerprint density at radius 2 is 2.05 bits per heavy atom. The van der Waals surface area contributed by atoms with Crippen LogP contribution in [-0.2, 0) is 14.3 Å². The number of carbonyl (C=O) groups excluding carboxylic acids is 1. The average molecular weight is 302 g/mol. The minimum atomic E-state index is -0.624. The zero-order valence-corrected chi connectivity index (χ0v) is 14.7. The standard InChI is InChI=1S/C16H34N2O3/c1-7-10-17-16(4,15(19)21-8-2)13-14(3)18(5)11-9-12-20-6/h14,17H,7-13H2,1-6H3. The summed E-state index contributed by atoms with van der Waals surface area (Å²) in [6.45, 7) is 11.0. The van der Waals surface area contributed by atoms with Crippen LogP contribution < -0.4 is 5.32 Å². The lowest BCUT2D eigenvalue weighted by atomic mass is 9.92. The number of carbonyl (C=O) groups is 1. The Kier molecular flexibility index (Phi) is 10.6. The van der Waals surface area contributed by atoms with Gasteiger partial charge in [-0.2, -0.15) is 0 Å². The van der Waals surface area contributed by atoms with E-state index in [4.69, 9.17) is 9.47 Å². The van der Waals surface area contributed by atoms with Crippen LogP contribution in [0.3, 0.4) is 0 Å². The van der Waals surface area contributed by atoms with E-state index in [2.05, 4.69) is 31.1 Å². The summed E-state index contributed by atoms with van der Waals surface area (Å²) < 4.78 is 10.3. The van der Waals surface area contributed by atoms with Crippen molar-refractivity contribution in [2.45, 2.75) is 58.5 Å². The third-order valence-corrected chi connectivity index (χ3v) is 3.81. The molecule has 0 saturated carbocycles. The number of nitrogens with one attached hydrogen (secondary N) is 1. The Morgan fingerprint density at radius 3 is 2.57 bits per heavy atom. The molecule has 0 heterocycles. The van der Waals surface area contributed by atoms with Gasteiger partial charge in [0.25, 0.3) is 0 Å². The van der Waals surface area contributed by atoms with Gasteiger partial charge in [0.05, 0.1) is 6.61 Å². The van der Waals surface area contributed by atoms with Crippen molar-refractivity contribution in [3.63, 3.8) is 0 Å². The summed E-state index contributed by atoms with van der Waals surface area (Å²) in [6.07, 6.45) is 2.72. The maximum Gasteiger partial charge on any atom is 0.326 e.